The van der Waals surface area contributed by atoms with E-state index in [1.165, 1.54) is 6.21 Å². The van der Waals surface area contributed by atoms with E-state index in [9.17, 15) is 4.79 Å². The summed E-state index contributed by atoms with van der Waals surface area (Å²) in [6.07, 6.45) is 1.39. The number of para-hydroxylation sites is 1. The second kappa shape index (κ2) is 7.12. The van der Waals surface area contributed by atoms with Crippen LogP contribution in [0.2, 0.25) is 5.02 Å². The van der Waals surface area contributed by atoms with Crippen LogP contribution in [-0.4, -0.2) is 18.7 Å². The highest BCUT2D eigenvalue weighted by Gasteiger charge is 2.04. The quantitative estimate of drug-likeness (QED) is 0.660. The van der Waals surface area contributed by atoms with Crippen molar-refractivity contribution in [3.8, 4) is 5.75 Å². The van der Waals surface area contributed by atoms with E-state index in [0.717, 1.165) is 0 Å². The van der Waals surface area contributed by atoms with Gasteiger partial charge in [0.15, 0.2) is 11.3 Å². The van der Waals surface area contributed by atoms with Crippen molar-refractivity contribution in [1.82, 2.24) is 5.43 Å². The number of carbonyl (C=O) groups is 1. The molecule has 0 aliphatic heterocycles. The van der Waals surface area contributed by atoms with Crippen molar-refractivity contribution < 1.29 is 13.9 Å². The third kappa shape index (κ3) is 4.40. The number of halogens is 2. The minimum absolute atomic E-state index is 0.178. The van der Waals surface area contributed by atoms with E-state index < -0.39 is 5.91 Å². The Hall–Kier alpha value is -1.79. The van der Waals surface area contributed by atoms with Gasteiger partial charge in [0, 0.05) is 0 Å². The summed E-state index contributed by atoms with van der Waals surface area (Å²) >= 11 is 9.05. The van der Waals surface area contributed by atoms with Gasteiger partial charge in [0.25, 0.3) is 5.91 Å². The Balaban J connectivity index is 1.78. The molecule has 0 atom stereocenters. The molecule has 0 fully saturated rings. The molecule has 20 heavy (non-hydrogen) atoms. The van der Waals surface area contributed by atoms with Crippen LogP contribution in [0.25, 0.3) is 0 Å². The minimum Gasteiger partial charge on any atom is -0.482 e. The highest BCUT2D eigenvalue weighted by molar-refractivity contribution is 9.10. The molecule has 1 amide bonds. The monoisotopic (exact) mass is 356 g/mol. The number of hydrazone groups is 1. The third-order valence-corrected chi connectivity index (χ3v) is 2.91. The Morgan fingerprint density at radius 1 is 1.40 bits per heavy atom. The maximum atomic E-state index is 11.5. The van der Waals surface area contributed by atoms with Crippen molar-refractivity contribution in [3.05, 3.63) is 51.9 Å². The van der Waals surface area contributed by atoms with Gasteiger partial charge in [-0.05, 0) is 40.2 Å². The Morgan fingerprint density at radius 2 is 2.20 bits per heavy atom. The highest BCUT2D eigenvalue weighted by atomic mass is 79.9. The van der Waals surface area contributed by atoms with E-state index in [0.29, 0.717) is 21.2 Å². The normalized spacial score (nSPS) is 10.7. The maximum absolute atomic E-state index is 11.5. The molecule has 0 unspecified atom stereocenters. The first-order valence-electron chi connectivity index (χ1n) is 5.60. The third-order valence-electron chi connectivity index (χ3n) is 2.17. The fourth-order valence-electron chi connectivity index (χ4n) is 1.30. The van der Waals surface area contributed by atoms with Crippen LogP contribution in [0, 0.1) is 0 Å². The molecule has 7 heteroatoms. The van der Waals surface area contributed by atoms with Gasteiger partial charge in [-0.1, -0.05) is 23.7 Å². The zero-order chi connectivity index (χ0) is 14.4. The zero-order valence-corrected chi connectivity index (χ0v) is 12.5. The first kappa shape index (κ1) is 14.6. The maximum Gasteiger partial charge on any atom is 0.277 e. The highest BCUT2D eigenvalue weighted by Crippen LogP contribution is 2.22. The summed E-state index contributed by atoms with van der Waals surface area (Å²) in [6.45, 7) is -0.178. The molecule has 0 bridgehead atoms. The first-order chi connectivity index (χ1) is 9.65. The predicted molar refractivity (Wildman–Crippen MR) is 79.1 cm³/mol. The number of amides is 1. The lowest BCUT2D eigenvalue weighted by Gasteiger charge is -2.05. The van der Waals surface area contributed by atoms with E-state index >= 15 is 0 Å². The van der Waals surface area contributed by atoms with Gasteiger partial charge in [0.05, 0.1) is 11.2 Å². The van der Waals surface area contributed by atoms with Crippen molar-refractivity contribution in [2.75, 3.05) is 6.61 Å². The standard InChI is InChI=1S/C13H10BrClN2O3/c14-12-6-5-9(20-12)7-16-17-13(18)8-19-11-4-2-1-3-10(11)15/h1-7H,8H2,(H,17,18)/b16-7+. The van der Waals surface area contributed by atoms with Gasteiger partial charge >= 0.3 is 0 Å². The largest absolute Gasteiger partial charge is 0.482 e. The smallest absolute Gasteiger partial charge is 0.277 e. The lowest BCUT2D eigenvalue weighted by atomic mass is 10.3. The molecule has 104 valence electrons. The lowest BCUT2D eigenvalue weighted by molar-refractivity contribution is -0.123. The average molecular weight is 358 g/mol. The Bertz CT molecular complexity index is 628. The number of carbonyl (C=O) groups excluding carboxylic acids is 1. The van der Waals surface area contributed by atoms with Crippen LogP contribution in [-0.2, 0) is 4.79 Å². The SMILES string of the molecule is O=C(COc1ccccc1Cl)N/N=C/c1ccc(Br)o1. The fourth-order valence-corrected chi connectivity index (χ4v) is 1.81. The summed E-state index contributed by atoms with van der Waals surface area (Å²) in [4.78, 5) is 11.5. The van der Waals surface area contributed by atoms with Crippen LogP contribution in [0.3, 0.4) is 0 Å². The topological polar surface area (TPSA) is 63.8 Å². The van der Waals surface area contributed by atoms with Crippen LogP contribution >= 0.6 is 27.5 Å². The van der Waals surface area contributed by atoms with Crippen molar-refractivity contribution in [2.45, 2.75) is 0 Å². The molecular weight excluding hydrogens is 348 g/mol. The van der Waals surface area contributed by atoms with Crippen LogP contribution in [0.4, 0.5) is 0 Å². The van der Waals surface area contributed by atoms with Crippen molar-refractivity contribution in [3.63, 3.8) is 0 Å². The van der Waals surface area contributed by atoms with Gasteiger partial charge < -0.3 is 9.15 Å². The van der Waals surface area contributed by atoms with Gasteiger partial charge in [0.1, 0.15) is 11.5 Å². The number of hydrogen-bond donors (Lipinski definition) is 1. The summed E-state index contributed by atoms with van der Waals surface area (Å²) in [7, 11) is 0. The summed E-state index contributed by atoms with van der Waals surface area (Å²) in [5.41, 5.74) is 2.32. The number of ether oxygens (including phenoxy) is 1. The number of nitrogens with zero attached hydrogens (tertiary/aromatic N) is 1. The van der Waals surface area contributed by atoms with Crippen LogP contribution in [0.5, 0.6) is 5.75 Å². The van der Waals surface area contributed by atoms with Crippen LogP contribution < -0.4 is 10.2 Å². The zero-order valence-electron chi connectivity index (χ0n) is 10.2. The summed E-state index contributed by atoms with van der Waals surface area (Å²) in [5.74, 6) is 0.569. The van der Waals surface area contributed by atoms with Gasteiger partial charge in [0.2, 0.25) is 0 Å². The van der Waals surface area contributed by atoms with Gasteiger partial charge in [-0.2, -0.15) is 5.10 Å². The van der Waals surface area contributed by atoms with Crippen LogP contribution in [0.1, 0.15) is 5.76 Å². The summed E-state index contributed by atoms with van der Waals surface area (Å²) in [6, 6.07) is 10.3. The van der Waals surface area contributed by atoms with Crippen molar-refractivity contribution in [2.24, 2.45) is 5.10 Å². The molecule has 5 nitrogen and oxygen atoms in total. The van der Waals surface area contributed by atoms with E-state index in [1.54, 1.807) is 36.4 Å². The van der Waals surface area contributed by atoms with Crippen molar-refractivity contribution >= 4 is 39.7 Å². The first-order valence-corrected chi connectivity index (χ1v) is 6.77. The molecule has 1 aromatic heterocycles. The Kier molecular flexibility index (Phi) is 5.20. The molecule has 1 heterocycles. The second-order valence-electron chi connectivity index (χ2n) is 3.65. The van der Waals surface area contributed by atoms with Crippen molar-refractivity contribution in [1.29, 1.82) is 0 Å². The van der Waals surface area contributed by atoms with Gasteiger partial charge in [-0.25, -0.2) is 5.43 Å². The summed E-state index contributed by atoms with van der Waals surface area (Å²) in [5, 5.41) is 4.19. The molecule has 0 aliphatic rings. The summed E-state index contributed by atoms with van der Waals surface area (Å²) < 4.78 is 11.0. The number of rotatable bonds is 5. The molecule has 0 spiro atoms. The van der Waals surface area contributed by atoms with Crippen LogP contribution in [0.15, 0.2) is 50.6 Å². The molecular formula is C13H10BrClN2O3. The van der Waals surface area contributed by atoms with Gasteiger partial charge in [-0.3, -0.25) is 4.79 Å². The number of benzene rings is 1. The molecule has 2 rings (SSSR count). The second-order valence-corrected chi connectivity index (χ2v) is 4.84. The van der Waals surface area contributed by atoms with E-state index in [1.807, 2.05) is 0 Å². The molecule has 1 aromatic carbocycles. The Labute approximate surface area is 128 Å². The van der Waals surface area contributed by atoms with E-state index in [2.05, 4.69) is 26.5 Å². The number of hydrogen-bond acceptors (Lipinski definition) is 4. The van der Waals surface area contributed by atoms with E-state index in [-0.39, 0.29) is 6.61 Å². The lowest BCUT2D eigenvalue weighted by Crippen LogP contribution is -2.24. The Morgan fingerprint density at radius 3 is 2.90 bits per heavy atom. The van der Waals surface area contributed by atoms with E-state index in [4.69, 9.17) is 20.8 Å². The minimum atomic E-state index is -0.396. The predicted octanol–water partition coefficient (Wildman–Crippen LogP) is 3.22. The number of furan rings is 1. The molecule has 0 radical (unpaired) electrons. The fraction of sp³-hybridized carbons (Fsp3) is 0.0769. The molecule has 1 N–H and O–H groups in total. The molecule has 0 saturated carbocycles. The number of nitrogens with one attached hydrogen (secondary N) is 1. The average Bonchev–Trinajstić information content (AvgIpc) is 2.83. The molecule has 0 saturated heterocycles. The molecule has 2 aromatic rings. The van der Waals surface area contributed by atoms with Gasteiger partial charge in [-0.15, -0.1) is 0 Å². The molecule has 0 aliphatic carbocycles.